The summed E-state index contributed by atoms with van der Waals surface area (Å²) in [5.74, 6) is 0. The van der Waals surface area contributed by atoms with Crippen molar-refractivity contribution in [2.24, 2.45) is 0 Å². The minimum Gasteiger partial charge on any atom is -0.310 e. The fourth-order valence-electron chi connectivity index (χ4n) is 13.1. The molecular formula is C68H47NSSi. The van der Waals surface area contributed by atoms with Gasteiger partial charge in [0.05, 0.1) is 10.8 Å². The molecule has 1 nitrogen and oxygen atoms in total. The molecule has 71 heavy (non-hydrogen) atoms. The first kappa shape index (κ1) is 41.7. The van der Waals surface area contributed by atoms with Crippen molar-refractivity contribution in [1.29, 1.82) is 0 Å². The van der Waals surface area contributed by atoms with Gasteiger partial charge in [-0.1, -0.05) is 248 Å². The molecule has 0 saturated heterocycles. The molecule has 0 aromatic heterocycles. The number of benzene rings is 11. The first-order chi connectivity index (χ1) is 35.2. The summed E-state index contributed by atoms with van der Waals surface area (Å²) in [6, 6.07) is 108. The van der Waals surface area contributed by atoms with Gasteiger partial charge in [0.15, 0.2) is 8.07 Å². The molecule has 334 valence electrons. The molecule has 2 aliphatic heterocycles. The van der Waals surface area contributed by atoms with E-state index in [0.717, 1.165) is 17.1 Å². The molecule has 0 saturated carbocycles. The van der Waals surface area contributed by atoms with Crippen LogP contribution in [0, 0.1) is 0 Å². The monoisotopic (exact) mass is 937 g/mol. The van der Waals surface area contributed by atoms with Crippen LogP contribution in [0.5, 0.6) is 0 Å². The van der Waals surface area contributed by atoms with Crippen LogP contribution < -0.4 is 25.6 Å². The summed E-state index contributed by atoms with van der Waals surface area (Å²) >= 11 is 1.90. The Balaban J connectivity index is 1.10. The normalized spacial score (nSPS) is 14.8. The van der Waals surface area contributed by atoms with Gasteiger partial charge in [0.1, 0.15) is 0 Å². The summed E-state index contributed by atoms with van der Waals surface area (Å²) in [6.07, 6.45) is 0. The van der Waals surface area contributed by atoms with Crippen LogP contribution in [0.4, 0.5) is 17.1 Å². The third-order valence-electron chi connectivity index (χ3n) is 15.7. The predicted molar refractivity (Wildman–Crippen MR) is 298 cm³/mol. The quantitative estimate of drug-likeness (QED) is 0.147. The van der Waals surface area contributed by atoms with E-state index in [2.05, 4.69) is 290 Å². The van der Waals surface area contributed by atoms with Crippen molar-refractivity contribution in [3.05, 3.63) is 330 Å². The van der Waals surface area contributed by atoms with Gasteiger partial charge in [-0.15, -0.1) is 0 Å². The van der Waals surface area contributed by atoms with Crippen LogP contribution in [-0.4, -0.2) is 8.07 Å². The molecule has 0 fully saturated rings. The summed E-state index contributed by atoms with van der Waals surface area (Å²) in [5, 5.41) is 5.57. The van der Waals surface area contributed by atoms with E-state index in [-0.39, 0.29) is 0 Å². The Bertz CT molecular complexity index is 3670. The van der Waals surface area contributed by atoms with Gasteiger partial charge in [-0.25, -0.2) is 0 Å². The van der Waals surface area contributed by atoms with Crippen molar-refractivity contribution in [3.8, 4) is 11.1 Å². The molecule has 3 aliphatic rings. The standard InChI is InChI=1S/C68H47NSSi/c1-6-24-48(25-7-1)67(49-26-8-2-9-27-49)57-35-17-16-34-55(57)56-44-42-51(46-62(56)67)69(50-28-10-3-11-29-50)52-43-45-61-66(47-52)71(53-30-12-4-13-31-53,54-32-14-5-15-33-54)65-41-23-20-38-60(65)68(61)58-36-18-21-39-63(58)70-64-40-22-19-37-59(64)68/h1-47H. The molecule has 0 bridgehead atoms. The van der Waals surface area contributed by atoms with Crippen molar-refractivity contribution in [2.45, 2.75) is 20.6 Å². The highest BCUT2D eigenvalue weighted by molar-refractivity contribution is 7.99. The number of hydrogen-bond donors (Lipinski definition) is 0. The van der Waals surface area contributed by atoms with E-state index < -0.39 is 18.9 Å². The second-order valence-corrected chi connectivity index (χ2v) is 23.8. The highest BCUT2D eigenvalue weighted by Gasteiger charge is 2.57. The minimum atomic E-state index is -3.11. The van der Waals surface area contributed by atoms with E-state index in [9.17, 15) is 0 Å². The minimum absolute atomic E-state index is 0.540. The largest absolute Gasteiger partial charge is 0.310 e. The number of para-hydroxylation sites is 1. The maximum atomic E-state index is 2.61. The van der Waals surface area contributed by atoms with Crippen molar-refractivity contribution in [3.63, 3.8) is 0 Å². The summed E-state index contributed by atoms with van der Waals surface area (Å²) in [4.78, 5) is 5.12. The second kappa shape index (κ2) is 16.5. The SMILES string of the molecule is c1ccc(N(c2ccc3c(c2)C(c2ccccc2)(c2ccccc2)c2ccccc2-3)c2ccc3c(c2)[Si](c2ccccc2)(c2ccccc2)c2ccccc2C32c3ccccc3Sc3ccccc32)cc1. The third-order valence-corrected chi connectivity index (χ3v) is 21.8. The van der Waals surface area contributed by atoms with Gasteiger partial charge in [-0.2, -0.15) is 0 Å². The van der Waals surface area contributed by atoms with E-state index in [4.69, 9.17) is 0 Å². The molecule has 14 rings (SSSR count). The number of rotatable bonds is 7. The van der Waals surface area contributed by atoms with E-state index in [1.165, 1.54) is 86.2 Å². The molecule has 0 atom stereocenters. The molecule has 2 heterocycles. The molecule has 1 aliphatic carbocycles. The number of nitrogens with zero attached hydrogens (tertiary/aromatic N) is 1. The Morgan fingerprint density at radius 2 is 0.718 bits per heavy atom. The van der Waals surface area contributed by atoms with Crippen LogP contribution in [0.1, 0.15) is 44.5 Å². The van der Waals surface area contributed by atoms with Crippen LogP contribution in [0.3, 0.4) is 0 Å². The average Bonchev–Trinajstić information content (AvgIpc) is 3.75. The van der Waals surface area contributed by atoms with E-state index in [0.29, 0.717) is 0 Å². The summed E-state index contributed by atoms with van der Waals surface area (Å²) < 4.78 is 0. The maximum Gasteiger partial charge on any atom is 0.180 e. The molecular weight excluding hydrogens is 891 g/mol. The average molecular weight is 938 g/mol. The van der Waals surface area contributed by atoms with Gasteiger partial charge in [0, 0.05) is 26.9 Å². The van der Waals surface area contributed by atoms with Crippen LogP contribution in [0.15, 0.2) is 295 Å². The maximum absolute atomic E-state index is 3.11. The Morgan fingerprint density at radius 1 is 0.282 bits per heavy atom. The number of anilines is 3. The summed E-state index contributed by atoms with van der Waals surface area (Å²) in [6.45, 7) is 0. The van der Waals surface area contributed by atoms with Gasteiger partial charge in [0.2, 0.25) is 0 Å². The van der Waals surface area contributed by atoms with Crippen LogP contribution >= 0.6 is 11.8 Å². The molecule has 0 radical (unpaired) electrons. The summed E-state index contributed by atoms with van der Waals surface area (Å²) in [5.41, 5.74) is 15.3. The Labute approximate surface area is 421 Å². The lowest BCUT2D eigenvalue weighted by Gasteiger charge is -2.52. The van der Waals surface area contributed by atoms with Crippen molar-refractivity contribution in [2.75, 3.05) is 4.90 Å². The molecule has 3 heteroatoms. The smallest absolute Gasteiger partial charge is 0.180 e. The molecule has 0 N–H and O–H groups in total. The number of hydrogen-bond acceptors (Lipinski definition) is 2. The molecule has 1 spiro atoms. The van der Waals surface area contributed by atoms with Crippen molar-refractivity contribution in [1.82, 2.24) is 0 Å². The Kier molecular flexibility index (Phi) is 9.67. The zero-order valence-corrected chi connectivity index (χ0v) is 40.8. The van der Waals surface area contributed by atoms with Gasteiger partial charge >= 0.3 is 0 Å². The Hall–Kier alpha value is -8.21. The van der Waals surface area contributed by atoms with Gasteiger partial charge in [-0.3, -0.25) is 0 Å². The lowest BCUT2D eigenvalue weighted by atomic mass is 9.64. The van der Waals surface area contributed by atoms with Gasteiger partial charge in [-0.05, 0) is 125 Å². The topological polar surface area (TPSA) is 3.24 Å². The van der Waals surface area contributed by atoms with E-state index >= 15 is 0 Å². The Morgan fingerprint density at radius 3 is 1.32 bits per heavy atom. The lowest BCUT2D eigenvalue weighted by molar-refractivity contribution is 0.707. The zero-order valence-electron chi connectivity index (χ0n) is 39.0. The first-order valence-corrected chi connectivity index (χ1v) is 27.5. The fraction of sp³-hybridized carbons (Fsp3) is 0.0294. The molecule has 11 aromatic rings. The highest BCUT2D eigenvalue weighted by atomic mass is 32.2. The van der Waals surface area contributed by atoms with Gasteiger partial charge in [0.25, 0.3) is 0 Å². The van der Waals surface area contributed by atoms with Crippen LogP contribution in [-0.2, 0) is 10.8 Å². The predicted octanol–water partition coefficient (Wildman–Crippen LogP) is 14.1. The van der Waals surface area contributed by atoms with Crippen LogP contribution in [0.25, 0.3) is 11.1 Å². The lowest BCUT2D eigenvalue weighted by Crippen LogP contribution is -2.79. The second-order valence-electron chi connectivity index (χ2n) is 19.0. The van der Waals surface area contributed by atoms with Gasteiger partial charge < -0.3 is 4.90 Å². The molecule has 11 aromatic carbocycles. The van der Waals surface area contributed by atoms with Crippen molar-refractivity contribution >= 4 is 57.6 Å². The van der Waals surface area contributed by atoms with Crippen LogP contribution in [0.2, 0.25) is 0 Å². The van der Waals surface area contributed by atoms with E-state index in [1.807, 2.05) is 11.8 Å². The molecule has 0 unspecified atom stereocenters. The van der Waals surface area contributed by atoms with E-state index in [1.54, 1.807) is 0 Å². The third kappa shape index (κ3) is 5.88. The number of fused-ring (bicyclic) bond motifs is 11. The molecule has 0 amide bonds. The fourth-order valence-corrected chi connectivity index (χ4v) is 19.6. The zero-order chi connectivity index (χ0) is 47.0. The van der Waals surface area contributed by atoms with Crippen molar-refractivity contribution < 1.29 is 0 Å². The highest BCUT2D eigenvalue weighted by Crippen LogP contribution is 2.59. The summed E-state index contributed by atoms with van der Waals surface area (Å²) in [7, 11) is -3.11. The first-order valence-electron chi connectivity index (χ1n) is 24.7.